The summed E-state index contributed by atoms with van der Waals surface area (Å²) in [5.74, 6) is 0.406. The van der Waals surface area contributed by atoms with E-state index in [1.165, 1.54) is 6.92 Å². The van der Waals surface area contributed by atoms with Crippen LogP contribution < -0.4 is 10.1 Å². The van der Waals surface area contributed by atoms with E-state index in [0.717, 1.165) is 12.8 Å². The molecule has 136 valence electrons. The van der Waals surface area contributed by atoms with Crippen molar-refractivity contribution in [3.05, 3.63) is 24.3 Å². The van der Waals surface area contributed by atoms with Gasteiger partial charge in [0.2, 0.25) is 5.91 Å². The normalized spacial score (nSPS) is 21.6. The molecule has 1 atom stereocenters. The molecule has 2 aliphatic rings. The first-order valence-corrected chi connectivity index (χ1v) is 10.2. The van der Waals surface area contributed by atoms with Crippen LogP contribution in [-0.4, -0.2) is 55.3 Å². The molecule has 0 radical (unpaired) electrons. The van der Waals surface area contributed by atoms with Gasteiger partial charge in [-0.15, -0.1) is 0 Å². The molecule has 3 rings (SSSR count). The molecule has 1 N–H and O–H groups in total. The van der Waals surface area contributed by atoms with Crippen LogP contribution in [0.3, 0.4) is 0 Å². The highest BCUT2D eigenvalue weighted by Gasteiger charge is 2.42. The Bertz CT molecular complexity index is 756. The first kappa shape index (κ1) is 17.7. The van der Waals surface area contributed by atoms with Gasteiger partial charge < -0.3 is 15.0 Å². The van der Waals surface area contributed by atoms with Crippen molar-refractivity contribution in [1.29, 1.82) is 0 Å². The zero-order valence-electron chi connectivity index (χ0n) is 14.1. The monoisotopic (exact) mass is 366 g/mol. The lowest BCUT2D eigenvalue weighted by atomic mass is 10.2. The minimum atomic E-state index is -3.03. The average molecular weight is 366 g/mol. The minimum Gasteiger partial charge on any atom is -0.484 e. The maximum atomic E-state index is 12.6. The number of ether oxygens (including phenoxy) is 1. The smallest absolute Gasteiger partial charge is 0.261 e. The number of sulfone groups is 1. The molecule has 1 saturated heterocycles. The third-order valence-corrected chi connectivity index (χ3v) is 6.12. The lowest BCUT2D eigenvalue weighted by molar-refractivity contribution is -0.135. The predicted molar refractivity (Wildman–Crippen MR) is 93.2 cm³/mol. The highest BCUT2D eigenvalue weighted by molar-refractivity contribution is 7.91. The number of anilines is 1. The molecule has 0 aromatic heterocycles. The van der Waals surface area contributed by atoms with Gasteiger partial charge in [-0.05, 0) is 43.5 Å². The number of nitrogens with one attached hydrogen (secondary N) is 1. The Morgan fingerprint density at radius 2 is 1.84 bits per heavy atom. The number of rotatable bonds is 6. The largest absolute Gasteiger partial charge is 0.484 e. The highest BCUT2D eigenvalue weighted by Crippen LogP contribution is 2.32. The standard InChI is InChI=1S/C17H22N2O5S/c1-12(20)18-13-2-6-16(7-3-13)24-10-17(21)19(14-4-5-14)15-8-9-25(22,23)11-15/h2-3,6-7,14-15H,4-5,8-11H2,1H3,(H,18,20)/t15-/m0/s1. The summed E-state index contributed by atoms with van der Waals surface area (Å²) in [4.78, 5) is 25.3. The Morgan fingerprint density at radius 1 is 1.16 bits per heavy atom. The number of benzene rings is 1. The van der Waals surface area contributed by atoms with Crippen molar-refractivity contribution < 1.29 is 22.7 Å². The van der Waals surface area contributed by atoms with Crippen molar-refractivity contribution >= 4 is 27.3 Å². The van der Waals surface area contributed by atoms with Gasteiger partial charge in [0.1, 0.15) is 5.75 Å². The number of hydrogen-bond acceptors (Lipinski definition) is 5. The maximum Gasteiger partial charge on any atom is 0.261 e. The molecular formula is C17H22N2O5S. The number of nitrogens with zero attached hydrogens (tertiary/aromatic N) is 1. The van der Waals surface area contributed by atoms with Crippen LogP contribution in [0.2, 0.25) is 0 Å². The summed E-state index contributed by atoms with van der Waals surface area (Å²) in [6.07, 6.45) is 2.36. The molecule has 1 aromatic rings. The number of amides is 2. The maximum absolute atomic E-state index is 12.6. The van der Waals surface area contributed by atoms with E-state index in [9.17, 15) is 18.0 Å². The molecule has 1 heterocycles. The van der Waals surface area contributed by atoms with Crippen LogP contribution in [0, 0.1) is 0 Å². The zero-order chi connectivity index (χ0) is 18.0. The second-order valence-corrected chi connectivity index (χ2v) is 8.81. The van der Waals surface area contributed by atoms with E-state index in [2.05, 4.69) is 5.32 Å². The predicted octanol–water partition coefficient (Wildman–Crippen LogP) is 1.20. The van der Waals surface area contributed by atoms with Gasteiger partial charge in [-0.3, -0.25) is 9.59 Å². The van der Waals surface area contributed by atoms with Crippen LogP contribution in [0.15, 0.2) is 24.3 Å². The van der Waals surface area contributed by atoms with Gasteiger partial charge in [-0.2, -0.15) is 0 Å². The van der Waals surface area contributed by atoms with Gasteiger partial charge in [-0.25, -0.2) is 8.42 Å². The van der Waals surface area contributed by atoms with Crippen molar-refractivity contribution in [2.45, 2.75) is 38.3 Å². The van der Waals surface area contributed by atoms with Gasteiger partial charge in [0, 0.05) is 24.7 Å². The Balaban J connectivity index is 1.58. The van der Waals surface area contributed by atoms with Gasteiger partial charge in [0.05, 0.1) is 11.5 Å². The van der Waals surface area contributed by atoms with Crippen LogP contribution in [0.4, 0.5) is 5.69 Å². The van der Waals surface area contributed by atoms with E-state index in [4.69, 9.17) is 4.74 Å². The van der Waals surface area contributed by atoms with Crippen molar-refractivity contribution in [2.75, 3.05) is 23.4 Å². The van der Waals surface area contributed by atoms with Crippen LogP contribution in [0.25, 0.3) is 0 Å². The molecule has 2 fully saturated rings. The van der Waals surface area contributed by atoms with Crippen LogP contribution in [0.1, 0.15) is 26.2 Å². The van der Waals surface area contributed by atoms with E-state index in [1.54, 1.807) is 29.2 Å². The third kappa shape index (κ3) is 4.72. The third-order valence-electron chi connectivity index (χ3n) is 4.37. The van der Waals surface area contributed by atoms with E-state index < -0.39 is 9.84 Å². The second-order valence-electron chi connectivity index (χ2n) is 6.58. The lowest BCUT2D eigenvalue weighted by Gasteiger charge is -2.28. The molecule has 2 amide bonds. The molecule has 0 spiro atoms. The molecule has 8 heteroatoms. The number of carbonyl (C=O) groups is 2. The second kappa shape index (κ2) is 7.03. The summed E-state index contributed by atoms with van der Waals surface area (Å²) in [5, 5.41) is 2.66. The first-order chi connectivity index (χ1) is 11.8. The van der Waals surface area contributed by atoms with Crippen molar-refractivity contribution in [3.8, 4) is 5.75 Å². The van der Waals surface area contributed by atoms with E-state index >= 15 is 0 Å². The van der Waals surface area contributed by atoms with E-state index in [0.29, 0.717) is 17.9 Å². The zero-order valence-corrected chi connectivity index (χ0v) is 14.9. The first-order valence-electron chi connectivity index (χ1n) is 8.36. The SMILES string of the molecule is CC(=O)Nc1ccc(OCC(=O)N(C2CC2)[C@H]2CCS(=O)(=O)C2)cc1. The quantitative estimate of drug-likeness (QED) is 0.817. The minimum absolute atomic E-state index is 0.0562. The number of hydrogen-bond donors (Lipinski definition) is 1. The van der Waals surface area contributed by atoms with Crippen LogP contribution in [-0.2, 0) is 19.4 Å². The lowest BCUT2D eigenvalue weighted by Crippen LogP contribution is -2.45. The van der Waals surface area contributed by atoms with Gasteiger partial charge >= 0.3 is 0 Å². The number of carbonyl (C=O) groups excluding carboxylic acids is 2. The van der Waals surface area contributed by atoms with Crippen molar-refractivity contribution in [2.24, 2.45) is 0 Å². The Morgan fingerprint density at radius 3 is 2.36 bits per heavy atom. The molecule has 7 nitrogen and oxygen atoms in total. The molecule has 0 unspecified atom stereocenters. The summed E-state index contributed by atoms with van der Waals surface area (Å²) in [6.45, 7) is 1.31. The summed E-state index contributed by atoms with van der Waals surface area (Å²) in [7, 11) is -3.03. The van der Waals surface area contributed by atoms with Gasteiger partial charge in [0.15, 0.2) is 16.4 Å². The summed E-state index contributed by atoms with van der Waals surface area (Å²) in [6, 6.07) is 6.68. The fourth-order valence-corrected chi connectivity index (χ4v) is 4.82. The van der Waals surface area contributed by atoms with Crippen molar-refractivity contribution in [1.82, 2.24) is 4.90 Å². The van der Waals surface area contributed by atoms with E-state index in [-0.39, 0.29) is 42.0 Å². The molecule has 1 saturated carbocycles. The fraction of sp³-hybridized carbons (Fsp3) is 0.529. The fourth-order valence-electron chi connectivity index (χ4n) is 3.11. The van der Waals surface area contributed by atoms with Crippen LogP contribution in [0.5, 0.6) is 5.75 Å². The highest BCUT2D eigenvalue weighted by atomic mass is 32.2. The van der Waals surface area contributed by atoms with Gasteiger partial charge in [-0.1, -0.05) is 0 Å². The Kier molecular flexibility index (Phi) is 4.99. The topological polar surface area (TPSA) is 92.8 Å². The summed E-state index contributed by atoms with van der Waals surface area (Å²) < 4.78 is 28.9. The Hall–Kier alpha value is -2.09. The molecule has 1 aromatic carbocycles. The summed E-state index contributed by atoms with van der Waals surface area (Å²) >= 11 is 0. The van der Waals surface area contributed by atoms with E-state index in [1.807, 2.05) is 0 Å². The van der Waals surface area contributed by atoms with Crippen LogP contribution >= 0.6 is 0 Å². The summed E-state index contributed by atoms with van der Waals surface area (Å²) in [5.41, 5.74) is 0.655. The molecule has 1 aliphatic heterocycles. The molecule has 1 aliphatic carbocycles. The average Bonchev–Trinajstić information content (AvgIpc) is 3.30. The Labute approximate surface area is 147 Å². The van der Waals surface area contributed by atoms with Crippen molar-refractivity contribution in [3.63, 3.8) is 0 Å². The molecule has 25 heavy (non-hydrogen) atoms. The molecular weight excluding hydrogens is 344 g/mol. The molecule has 0 bridgehead atoms. The van der Waals surface area contributed by atoms with Gasteiger partial charge in [0.25, 0.3) is 5.91 Å².